The Morgan fingerprint density at radius 1 is 1.18 bits per heavy atom. The van der Waals surface area contributed by atoms with Crippen LogP contribution in [0.3, 0.4) is 0 Å². The Labute approximate surface area is 106 Å². The Balaban J connectivity index is 1.84. The molecule has 17 heavy (non-hydrogen) atoms. The fraction of sp³-hybridized carbons (Fsp3) is 0.688. The highest BCUT2D eigenvalue weighted by atomic mass is 14.7. The number of hydrogen-bond donors (Lipinski definition) is 0. The maximum atomic E-state index is 4.59. The number of hydrogen-bond acceptors (Lipinski definition) is 1. The van der Waals surface area contributed by atoms with E-state index in [0.29, 0.717) is 0 Å². The van der Waals surface area contributed by atoms with Gasteiger partial charge in [0.2, 0.25) is 0 Å². The molecule has 1 heterocycles. The number of unbranched alkanes of at least 4 members (excludes halogenated alkanes) is 1. The van der Waals surface area contributed by atoms with Crippen molar-refractivity contribution in [1.82, 2.24) is 4.98 Å². The average Bonchev–Trinajstić information content (AvgIpc) is 2.38. The van der Waals surface area contributed by atoms with Gasteiger partial charge in [-0.25, -0.2) is 0 Å². The van der Waals surface area contributed by atoms with Gasteiger partial charge in [-0.15, -0.1) is 0 Å². The second-order valence-corrected chi connectivity index (χ2v) is 5.62. The van der Waals surface area contributed by atoms with Crippen LogP contribution >= 0.6 is 0 Å². The molecule has 2 rings (SSSR count). The second kappa shape index (κ2) is 6.18. The molecule has 1 aromatic rings. The summed E-state index contributed by atoms with van der Waals surface area (Å²) in [5, 5.41) is 0. The van der Waals surface area contributed by atoms with E-state index in [4.69, 9.17) is 0 Å². The number of aromatic nitrogens is 1. The molecule has 0 radical (unpaired) electrons. The molecule has 0 aromatic carbocycles. The Morgan fingerprint density at radius 3 is 2.53 bits per heavy atom. The number of rotatable bonds is 4. The molecule has 1 aromatic heterocycles. The molecule has 0 saturated heterocycles. The minimum Gasteiger partial charge on any atom is -0.261 e. The largest absolute Gasteiger partial charge is 0.261 e. The second-order valence-electron chi connectivity index (χ2n) is 5.62. The van der Waals surface area contributed by atoms with Gasteiger partial charge in [0.15, 0.2) is 0 Å². The minimum atomic E-state index is 0.730. The number of nitrogens with zero attached hydrogens (tertiary/aromatic N) is 1. The van der Waals surface area contributed by atoms with Gasteiger partial charge in [0, 0.05) is 17.8 Å². The highest BCUT2D eigenvalue weighted by Gasteiger charge is 2.22. The summed E-state index contributed by atoms with van der Waals surface area (Å²) >= 11 is 0. The van der Waals surface area contributed by atoms with Crippen LogP contribution in [0.5, 0.6) is 0 Å². The monoisotopic (exact) mass is 231 g/mol. The zero-order chi connectivity index (χ0) is 12.1. The molecule has 0 unspecified atom stereocenters. The van der Waals surface area contributed by atoms with Gasteiger partial charge in [-0.3, -0.25) is 4.98 Å². The molecule has 1 nitrogen and oxygen atoms in total. The Bertz CT molecular complexity index is 320. The smallest absolute Gasteiger partial charge is 0.0434 e. The third-order valence-corrected chi connectivity index (χ3v) is 4.17. The molecule has 94 valence electrons. The van der Waals surface area contributed by atoms with E-state index in [-0.39, 0.29) is 0 Å². The molecule has 0 bridgehead atoms. The van der Waals surface area contributed by atoms with E-state index >= 15 is 0 Å². The lowest BCUT2D eigenvalue weighted by Gasteiger charge is -2.28. The molecule has 0 aliphatic heterocycles. The first-order valence-corrected chi connectivity index (χ1v) is 7.22. The molecule has 0 spiro atoms. The van der Waals surface area contributed by atoms with Gasteiger partial charge in [0.1, 0.15) is 0 Å². The van der Waals surface area contributed by atoms with Crippen LogP contribution in [-0.2, 0) is 0 Å². The molecular weight excluding hydrogens is 206 g/mol. The highest BCUT2D eigenvalue weighted by molar-refractivity contribution is 5.16. The van der Waals surface area contributed by atoms with E-state index in [2.05, 4.69) is 31.0 Å². The molecule has 0 N–H and O–H groups in total. The molecular formula is C16H25N. The molecule has 1 saturated carbocycles. The van der Waals surface area contributed by atoms with E-state index in [9.17, 15) is 0 Å². The van der Waals surface area contributed by atoms with Gasteiger partial charge in [-0.1, -0.05) is 32.3 Å². The van der Waals surface area contributed by atoms with Crippen LogP contribution in [0.4, 0.5) is 0 Å². The van der Waals surface area contributed by atoms with Crippen molar-refractivity contribution in [1.29, 1.82) is 0 Å². The van der Waals surface area contributed by atoms with Crippen molar-refractivity contribution in [3.05, 3.63) is 29.6 Å². The summed E-state index contributed by atoms with van der Waals surface area (Å²) in [6.07, 6.45) is 11.8. The molecule has 1 aliphatic rings. The minimum absolute atomic E-state index is 0.730. The quantitative estimate of drug-likeness (QED) is 0.721. The van der Waals surface area contributed by atoms with Crippen LogP contribution < -0.4 is 0 Å². The van der Waals surface area contributed by atoms with E-state index in [0.717, 1.165) is 11.8 Å². The first-order valence-electron chi connectivity index (χ1n) is 7.22. The zero-order valence-corrected chi connectivity index (χ0v) is 11.3. The fourth-order valence-electron chi connectivity index (χ4n) is 2.96. The van der Waals surface area contributed by atoms with Crippen molar-refractivity contribution in [2.24, 2.45) is 5.92 Å². The summed E-state index contributed by atoms with van der Waals surface area (Å²) < 4.78 is 0. The standard InChI is InChI=1S/C16H25N/c1-3-4-5-14-7-9-15(10-8-14)16-11-6-13(2)12-17-16/h6,11-12,14-15H,3-5,7-10H2,1-2H3/t14-,15-. The van der Waals surface area contributed by atoms with Gasteiger partial charge in [-0.2, -0.15) is 0 Å². The zero-order valence-electron chi connectivity index (χ0n) is 11.3. The SMILES string of the molecule is CCCC[C@H]1CC[C@H](c2ccc(C)cn2)CC1. The number of pyridine rings is 1. The lowest BCUT2D eigenvalue weighted by Crippen LogP contribution is -2.14. The van der Waals surface area contributed by atoms with Crippen molar-refractivity contribution in [3.8, 4) is 0 Å². The lowest BCUT2D eigenvalue weighted by atomic mass is 9.78. The van der Waals surface area contributed by atoms with E-state index in [1.807, 2.05) is 6.20 Å². The lowest BCUT2D eigenvalue weighted by molar-refractivity contribution is 0.301. The van der Waals surface area contributed by atoms with Crippen molar-refractivity contribution in [2.75, 3.05) is 0 Å². The van der Waals surface area contributed by atoms with E-state index in [1.165, 1.54) is 56.2 Å². The predicted octanol–water partition coefficient (Wildman–Crippen LogP) is 4.85. The van der Waals surface area contributed by atoms with Gasteiger partial charge in [-0.05, 0) is 50.2 Å². The van der Waals surface area contributed by atoms with Crippen LogP contribution in [-0.4, -0.2) is 4.98 Å². The maximum Gasteiger partial charge on any atom is 0.0434 e. The highest BCUT2D eigenvalue weighted by Crippen LogP contribution is 2.36. The van der Waals surface area contributed by atoms with Gasteiger partial charge < -0.3 is 0 Å². The summed E-state index contributed by atoms with van der Waals surface area (Å²) in [5.74, 6) is 1.73. The predicted molar refractivity (Wildman–Crippen MR) is 73.2 cm³/mol. The van der Waals surface area contributed by atoms with Crippen LogP contribution in [0.1, 0.15) is 69.0 Å². The normalized spacial score (nSPS) is 24.8. The molecule has 0 amide bonds. The first kappa shape index (κ1) is 12.6. The van der Waals surface area contributed by atoms with Crippen LogP contribution in [0, 0.1) is 12.8 Å². The van der Waals surface area contributed by atoms with Gasteiger partial charge >= 0.3 is 0 Å². The summed E-state index contributed by atoms with van der Waals surface area (Å²) in [6, 6.07) is 4.43. The molecule has 1 aliphatic carbocycles. The maximum absolute atomic E-state index is 4.59. The summed E-state index contributed by atoms with van der Waals surface area (Å²) in [7, 11) is 0. The Morgan fingerprint density at radius 2 is 1.94 bits per heavy atom. The van der Waals surface area contributed by atoms with Crippen LogP contribution in [0.25, 0.3) is 0 Å². The first-order chi connectivity index (χ1) is 8.29. The van der Waals surface area contributed by atoms with Crippen molar-refractivity contribution < 1.29 is 0 Å². The molecule has 1 fully saturated rings. The van der Waals surface area contributed by atoms with E-state index in [1.54, 1.807) is 0 Å². The summed E-state index contributed by atoms with van der Waals surface area (Å²) in [6.45, 7) is 4.40. The third kappa shape index (κ3) is 3.55. The topological polar surface area (TPSA) is 12.9 Å². The van der Waals surface area contributed by atoms with E-state index < -0.39 is 0 Å². The average molecular weight is 231 g/mol. The van der Waals surface area contributed by atoms with Crippen LogP contribution in [0.2, 0.25) is 0 Å². The molecule has 1 heteroatoms. The van der Waals surface area contributed by atoms with Gasteiger partial charge in [0.25, 0.3) is 0 Å². The summed E-state index contributed by atoms with van der Waals surface area (Å²) in [4.78, 5) is 4.59. The van der Waals surface area contributed by atoms with Crippen molar-refractivity contribution >= 4 is 0 Å². The van der Waals surface area contributed by atoms with Crippen molar-refractivity contribution in [3.63, 3.8) is 0 Å². The fourth-order valence-corrected chi connectivity index (χ4v) is 2.96. The van der Waals surface area contributed by atoms with Gasteiger partial charge in [0.05, 0.1) is 0 Å². The molecule has 0 atom stereocenters. The van der Waals surface area contributed by atoms with Crippen LogP contribution in [0.15, 0.2) is 18.3 Å². The third-order valence-electron chi connectivity index (χ3n) is 4.17. The Kier molecular flexibility index (Phi) is 4.58. The Hall–Kier alpha value is -0.850. The van der Waals surface area contributed by atoms with Crippen molar-refractivity contribution in [2.45, 2.75) is 64.7 Å². The summed E-state index contributed by atoms with van der Waals surface area (Å²) in [5.41, 5.74) is 2.59. The number of aryl methyl sites for hydroxylation is 1.